The SMILES string of the molecule is COc1ccc(C(c2ccccc2)(c2ccc(OC)cc2)C(OCc2cccc(OC)c2)[C@H]2O[C@@](COc3ccc([N+](=O)[O-])cc3)(n3cc(C)c(=O)[nH]c3=O)C[C@@]2(O)[Si](C)(C)C(C)(C)C)cc1. The first-order valence-electron chi connectivity index (χ1n) is 22.0. The molecule has 0 spiro atoms. The van der Waals surface area contributed by atoms with E-state index in [1.165, 1.54) is 35.0 Å². The number of aromatic amines is 1. The van der Waals surface area contributed by atoms with Crippen molar-refractivity contribution >= 4 is 13.8 Å². The van der Waals surface area contributed by atoms with E-state index < -0.39 is 57.9 Å². The molecule has 1 aliphatic rings. The molecule has 0 bridgehead atoms. The van der Waals surface area contributed by atoms with Crippen molar-refractivity contribution in [3.63, 3.8) is 0 Å². The van der Waals surface area contributed by atoms with Crippen LogP contribution in [0.5, 0.6) is 23.0 Å². The van der Waals surface area contributed by atoms with Crippen LogP contribution in [0.1, 0.15) is 55.0 Å². The van der Waals surface area contributed by atoms with E-state index in [1.54, 1.807) is 28.3 Å². The fraction of sp³-hybridized carbons (Fsp3) is 0.346. The van der Waals surface area contributed by atoms with E-state index in [1.807, 2.05) is 103 Å². The standard InChI is InChI=1S/C52H59N3O11Si/c1-35-31-54(48(57)53-47(35)56)50(34-65-43-28-22-40(23-29-43)55(59)60)33-51(58,67(8,9)49(2,3)4)45(66-50)46(64-32-36-14-13-17-44(30-36)63-7)52(37-15-11-10-12-16-37,38-18-24-41(61-5)25-19-38)39-20-26-42(62-6)27-21-39/h10-31,45-46,58H,32-34H2,1-9H3,(H,53,56,57)/t45-,46?,50+,51-/m1/s1. The lowest BCUT2D eigenvalue weighted by Gasteiger charge is -2.53. The average molecular weight is 930 g/mol. The predicted octanol–water partition coefficient (Wildman–Crippen LogP) is 8.70. The van der Waals surface area contributed by atoms with Crippen LogP contribution in [0.25, 0.3) is 0 Å². The Kier molecular flexibility index (Phi) is 13.7. The number of nitro groups is 1. The highest BCUT2D eigenvalue weighted by atomic mass is 28.3. The lowest BCUT2D eigenvalue weighted by atomic mass is 9.63. The Morgan fingerprint density at radius 1 is 0.806 bits per heavy atom. The number of aromatic nitrogens is 2. The van der Waals surface area contributed by atoms with Crippen molar-refractivity contribution < 1.29 is 38.5 Å². The van der Waals surface area contributed by atoms with Crippen LogP contribution in [-0.2, 0) is 27.2 Å². The van der Waals surface area contributed by atoms with Gasteiger partial charge in [0.05, 0.1) is 51.6 Å². The van der Waals surface area contributed by atoms with E-state index in [-0.39, 0.29) is 36.6 Å². The van der Waals surface area contributed by atoms with E-state index in [0.29, 0.717) is 17.2 Å². The molecule has 0 radical (unpaired) electrons. The van der Waals surface area contributed by atoms with Crippen LogP contribution in [0.2, 0.25) is 18.1 Å². The largest absolute Gasteiger partial charge is 0.497 e. The van der Waals surface area contributed by atoms with Gasteiger partial charge in [-0.3, -0.25) is 24.5 Å². The van der Waals surface area contributed by atoms with Crippen molar-refractivity contribution in [2.75, 3.05) is 27.9 Å². The summed E-state index contributed by atoms with van der Waals surface area (Å²) in [6.07, 6.45) is -1.14. The number of methoxy groups -OCH3 is 3. The Hall–Kier alpha value is -6.52. The third-order valence-corrected chi connectivity index (χ3v) is 20.4. The highest BCUT2D eigenvalue weighted by molar-refractivity contribution is 6.83. The van der Waals surface area contributed by atoms with Crippen LogP contribution in [0.4, 0.5) is 5.69 Å². The maximum atomic E-state index is 14.4. The van der Waals surface area contributed by atoms with Crippen LogP contribution in [0, 0.1) is 17.0 Å². The predicted molar refractivity (Wildman–Crippen MR) is 258 cm³/mol. The van der Waals surface area contributed by atoms with Crippen molar-refractivity contribution in [3.05, 3.63) is 192 Å². The van der Waals surface area contributed by atoms with Crippen molar-refractivity contribution in [2.24, 2.45) is 0 Å². The molecule has 352 valence electrons. The third kappa shape index (κ3) is 9.03. The molecule has 67 heavy (non-hydrogen) atoms. The van der Waals surface area contributed by atoms with Gasteiger partial charge in [0.1, 0.15) is 41.8 Å². The van der Waals surface area contributed by atoms with Crippen molar-refractivity contribution in [1.82, 2.24) is 9.55 Å². The number of hydrogen-bond acceptors (Lipinski definition) is 11. The lowest BCUT2D eigenvalue weighted by molar-refractivity contribution is -0.384. The number of non-ortho nitro benzene ring substituents is 1. The number of aryl methyl sites for hydroxylation is 1. The molecule has 1 aromatic heterocycles. The first-order valence-corrected chi connectivity index (χ1v) is 25.0. The van der Waals surface area contributed by atoms with Gasteiger partial charge in [-0.2, -0.15) is 0 Å². The van der Waals surface area contributed by atoms with Crippen LogP contribution >= 0.6 is 0 Å². The van der Waals surface area contributed by atoms with Gasteiger partial charge >= 0.3 is 5.69 Å². The Morgan fingerprint density at radius 3 is 1.90 bits per heavy atom. The molecule has 4 atom stereocenters. The Bertz CT molecular complexity index is 2740. The summed E-state index contributed by atoms with van der Waals surface area (Å²) >= 11 is 0. The zero-order valence-electron chi connectivity index (χ0n) is 39.4. The molecule has 6 aromatic rings. The molecule has 1 aliphatic heterocycles. The summed E-state index contributed by atoms with van der Waals surface area (Å²) in [6.45, 7) is 11.8. The summed E-state index contributed by atoms with van der Waals surface area (Å²) in [6, 6.07) is 38.5. The first kappa shape index (κ1) is 48.4. The minimum Gasteiger partial charge on any atom is -0.497 e. The summed E-state index contributed by atoms with van der Waals surface area (Å²) in [4.78, 5) is 41.0. The van der Waals surface area contributed by atoms with Gasteiger partial charge in [-0.15, -0.1) is 0 Å². The topological polar surface area (TPSA) is 174 Å². The summed E-state index contributed by atoms with van der Waals surface area (Å²) < 4.78 is 40.0. The minimum atomic E-state index is -3.18. The molecular formula is C52H59N3O11Si. The number of hydrogen-bond donors (Lipinski definition) is 2. The minimum absolute atomic E-state index is 0.0280. The number of benzene rings is 5. The fourth-order valence-corrected chi connectivity index (χ4v) is 12.2. The smallest absolute Gasteiger partial charge is 0.330 e. The van der Waals surface area contributed by atoms with Gasteiger partial charge in [0.25, 0.3) is 11.2 Å². The molecule has 2 heterocycles. The summed E-state index contributed by atoms with van der Waals surface area (Å²) in [5.74, 6) is 2.13. The van der Waals surface area contributed by atoms with E-state index in [4.69, 9.17) is 28.4 Å². The Balaban J connectivity index is 1.59. The second kappa shape index (κ2) is 19.0. The van der Waals surface area contributed by atoms with Crippen LogP contribution in [-0.4, -0.2) is 73.0 Å². The van der Waals surface area contributed by atoms with Gasteiger partial charge in [-0.25, -0.2) is 4.79 Å². The lowest BCUT2D eigenvalue weighted by Crippen LogP contribution is -2.68. The van der Waals surface area contributed by atoms with Gasteiger partial charge in [-0.1, -0.05) is 101 Å². The molecule has 0 saturated carbocycles. The summed E-state index contributed by atoms with van der Waals surface area (Å²) in [7, 11) is 1.63. The number of H-pyrrole nitrogens is 1. The van der Waals surface area contributed by atoms with Crippen LogP contribution in [0.15, 0.2) is 143 Å². The van der Waals surface area contributed by atoms with Crippen molar-refractivity contribution in [1.29, 1.82) is 0 Å². The normalized spacial score (nSPS) is 19.1. The number of nitro benzene ring substituents is 1. The molecule has 0 amide bonds. The third-order valence-electron chi connectivity index (χ3n) is 14.0. The van der Waals surface area contributed by atoms with Gasteiger partial charge in [0.2, 0.25) is 0 Å². The van der Waals surface area contributed by atoms with Crippen molar-refractivity contribution in [2.45, 2.75) is 87.4 Å². The maximum absolute atomic E-state index is 14.4. The van der Waals surface area contributed by atoms with Gasteiger partial charge in [0, 0.05) is 30.3 Å². The molecule has 5 aromatic carbocycles. The molecule has 7 rings (SSSR count). The van der Waals surface area contributed by atoms with Gasteiger partial charge < -0.3 is 33.5 Å². The summed E-state index contributed by atoms with van der Waals surface area (Å²) in [5.41, 5.74) is -1.26. The van der Waals surface area contributed by atoms with Gasteiger partial charge in [0.15, 0.2) is 5.72 Å². The molecule has 1 unspecified atom stereocenters. The second-order valence-electron chi connectivity index (χ2n) is 18.7. The zero-order valence-corrected chi connectivity index (χ0v) is 40.4. The van der Waals surface area contributed by atoms with Crippen LogP contribution in [0.3, 0.4) is 0 Å². The molecule has 1 saturated heterocycles. The second-order valence-corrected chi connectivity index (χ2v) is 24.3. The first-order chi connectivity index (χ1) is 31.8. The van der Waals surface area contributed by atoms with Gasteiger partial charge in [-0.05, 0) is 82.7 Å². The molecule has 1 fully saturated rings. The Labute approximate surface area is 391 Å². The Morgan fingerprint density at radius 2 is 1.36 bits per heavy atom. The zero-order chi connectivity index (χ0) is 48.4. The molecule has 0 aliphatic carbocycles. The fourth-order valence-electron chi connectivity index (χ4n) is 9.25. The quantitative estimate of drug-likeness (QED) is 0.0388. The summed E-state index contributed by atoms with van der Waals surface area (Å²) in [5, 5.41) is 23.8. The average Bonchev–Trinajstić information content (AvgIpc) is 3.64. The van der Waals surface area contributed by atoms with Crippen molar-refractivity contribution in [3.8, 4) is 23.0 Å². The molecule has 15 heteroatoms. The molecular weight excluding hydrogens is 871 g/mol. The van der Waals surface area contributed by atoms with Crippen LogP contribution < -0.4 is 30.2 Å². The van der Waals surface area contributed by atoms with E-state index in [9.17, 15) is 24.8 Å². The number of nitrogens with one attached hydrogen (secondary N) is 1. The van der Waals surface area contributed by atoms with E-state index >= 15 is 0 Å². The van der Waals surface area contributed by atoms with E-state index in [0.717, 1.165) is 22.3 Å². The monoisotopic (exact) mass is 929 g/mol. The van der Waals surface area contributed by atoms with E-state index in [2.05, 4.69) is 38.8 Å². The number of rotatable bonds is 17. The maximum Gasteiger partial charge on any atom is 0.330 e. The highest BCUT2D eigenvalue weighted by Crippen LogP contribution is 2.58. The highest BCUT2D eigenvalue weighted by Gasteiger charge is 2.70. The number of nitrogens with zero attached hydrogens (tertiary/aromatic N) is 2. The molecule has 14 nitrogen and oxygen atoms in total. The number of aliphatic hydroxyl groups is 1. The number of ether oxygens (including phenoxy) is 6. The molecule has 2 N–H and O–H groups in total.